The second-order valence-corrected chi connectivity index (χ2v) is 11.6. The van der Waals surface area contributed by atoms with Gasteiger partial charge in [0.2, 0.25) is 11.8 Å². The Labute approximate surface area is 233 Å². The Morgan fingerprint density at radius 1 is 1.02 bits per heavy atom. The van der Waals surface area contributed by atoms with Crippen LogP contribution in [0.15, 0.2) is 29.2 Å². The topological polar surface area (TPSA) is 203 Å². The van der Waals surface area contributed by atoms with Crippen LogP contribution >= 0.6 is 0 Å². The number of esters is 1. The molecule has 0 radical (unpaired) electrons. The minimum atomic E-state index is -4.52. The smallest absolute Gasteiger partial charge is 0.408 e. The van der Waals surface area contributed by atoms with E-state index in [0.29, 0.717) is 0 Å². The van der Waals surface area contributed by atoms with Gasteiger partial charge in [0.05, 0.1) is 12.0 Å². The van der Waals surface area contributed by atoms with Gasteiger partial charge in [0.1, 0.15) is 23.7 Å². The number of hydrogen-bond donors (Lipinski definition) is 3. The summed E-state index contributed by atoms with van der Waals surface area (Å²) in [4.78, 5) is 58.8. The van der Waals surface area contributed by atoms with Crippen molar-refractivity contribution in [3.63, 3.8) is 0 Å². The van der Waals surface area contributed by atoms with Gasteiger partial charge < -0.3 is 25.4 Å². The number of alkyl carbamates (subject to hydrolysis) is 1. The van der Waals surface area contributed by atoms with E-state index in [2.05, 4.69) is 20.7 Å². The van der Waals surface area contributed by atoms with Crippen LogP contribution in [0.5, 0.6) is 0 Å². The van der Waals surface area contributed by atoms with Gasteiger partial charge in [0.25, 0.3) is 15.7 Å². The molecule has 3 N–H and O–H groups in total. The quantitative estimate of drug-likeness (QED) is 0.130. The lowest BCUT2D eigenvalue weighted by Crippen LogP contribution is -2.52. The largest absolute Gasteiger partial charge is 0.468 e. The molecule has 1 aromatic rings. The molecular weight excluding hydrogens is 550 g/mol. The van der Waals surface area contributed by atoms with Crippen molar-refractivity contribution in [2.24, 2.45) is 0 Å². The minimum absolute atomic E-state index is 0.0181. The molecule has 1 rings (SSSR count). The zero-order valence-corrected chi connectivity index (χ0v) is 24.4. The van der Waals surface area contributed by atoms with E-state index in [1.165, 1.54) is 32.9 Å². The number of nitrogens with one attached hydrogen (secondary N) is 3. The lowest BCUT2D eigenvalue weighted by atomic mass is 10.2. The Bertz CT molecular complexity index is 1200. The highest BCUT2D eigenvalue weighted by Crippen LogP contribution is 2.27. The van der Waals surface area contributed by atoms with Crippen molar-refractivity contribution in [1.82, 2.24) is 20.3 Å². The normalized spacial score (nSPS) is 13.9. The third-order valence-corrected chi connectivity index (χ3v) is 7.37. The maximum atomic E-state index is 13.3. The van der Waals surface area contributed by atoms with Gasteiger partial charge in [-0.1, -0.05) is 12.1 Å². The van der Waals surface area contributed by atoms with Crippen LogP contribution in [0.2, 0.25) is 0 Å². The average molecular weight is 588 g/mol. The molecule has 15 nitrogen and oxygen atoms in total. The molecule has 0 saturated heterocycles. The van der Waals surface area contributed by atoms with Gasteiger partial charge in [-0.2, -0.15) is 4.31 Å². The third kappa shape index (κ3) is 10.1. The Morgan fingerprint density at radius 3 is 2.15 bits per heavy atom. The van der Waals surface area contributed by atoms with Crippen LogP contribution < -0.4 is 16.0 Å². The van der Waals surface area contributed by atoms with Crippen molar-refractivity contribution < 1.29 is 42.0 Å². The first kappa shape index (κ1) is 34.2. The molecule has 3 amide bonds. The fourth-order valence-electron chi connectivity index (χ4n) is 3.32. The van der Waals surface area contributed by atoms with Gasteiger partial charge in [-0.05, 0) is 54.0 Å². The minimum Gasteiger partial charge on any atom is -0.468 e. The fourth-order valence-corrected chi connectivity index (χ4v) is 5.10. The van der Waals surface area contributed by atoms with Crippen molar-refractivity contribution in [2.45, 2.75) is 76.6 Å². The molecular formula is C24H37N5O10S. The standard InChI is InChI=1S/C24H37N5O10S/c1-15(26-21(31)16(2)27-23(33)39-24(4,5)6)20(30)25-13-10-14-28(17(3)22(32)38-7)40(36,37)19-12-9-8-11-18(19)29(34)35/h8-9,11-12,15-17H,10,13-14H2,1-7H3,(H,25,30)(H,26,31)(H,27,33)/t15-,16-,17+/m1/s1. The lowest BCUT2D eigenvalue weighted by molar-refractivity contribution is -0.387. The van der Waals surface area contributed by atoms with Crippen LogP contribution in [0, 0.1) is 10.1 Å². The molecule has 0 unspecified atom stereocenters. The van der Waals surface area contributed by atoms with E-state index in [1.807, 2.05) is 0 Å². The SMILES string of the molecule is COC(=O)[C@H](C)N(CCCNC(=O)[C@@H](C)NC(=O)[C@@H](C)NC(=O)OC(C)(C)C)S(=O)(=O)c1ccccc1[N+](=O)[O-]. The highest BCUT2D eigenvalue weighted by atomic mass is 32.2. The lowest BCUT2D eigenvalue weighted by Gasteiger charge is -2.26. The van der Waals surface area contributed by atoms with Crippen LogP contribution in [-0.4, -0.2) is 85.4 Å². The number of amides is 3. The summed E-state index contributed by atoms with van der Waals surface area (Å²) in [5, 5.41) is 18.8. The molecule has 0 aliphatic carbocycles. The van der Waals surface area contributed by atoms with Crippen LogP contribution in [-0.2, 0) is 33.9 Å². The van der Waals surface area contributed by atoms with Crippen molar-refractivity contribution >= 4 is 39.6 Å². The summed E-state index contributed by atoms with van der Waals surface area (Å²) in [5.74, 6) is -2.11. The first-order chi connectivity index (χ1) is 18.4. The number of methoxy groups -OCH3 is 1. The second kappa shape index (κ2) is 14.6. The number of nitro groups is 1. The van der Waals surface area contributed by atoms with Gasteiger partial charge >= 0.3 is 12.1 Å². The molecule has 0 bridgehead atoms. The van der Waals surface area contributed by atoms with Gasteiger partial charge in [-0.25, -0.2) is 13.2 Å². The monoisotopic (exact) mass is 587 g/mol. The number of ether oxygens (including phenoxy) is 2. The van der Waals surface area contributed by atoms with Gasteiger partial charge in [0, 0.05) is 19.2 Å². The molecule has 0 spiro atoms. The molecule has 1 aromatic carbocycles. The molecule has 0 fully saturated rings. The summed E-state index contributed by atoms with van der Waals surface area (Å²) in [6, 6.07) is 1.42. The van der Waals surface area contributed by atoms with E-state index >= 15 is 0 Å². The van der Waals surface area contributed by atoms with E-state index in [0.717, 1.165) is 23.5 Å². The molecule has 16 heteroatoms. The number of carbonyl (C=O) groups excluding carboxylic acids is 4. The molecule has 0 aliphatic heterocycles. The van der Waals surface area contributed by atoms with Crippen molar-refractivity contribution in [2.75, 3.05) is 20.2 Å². The number of rotatable bonds is 13. The highest BCUT2D eigenvalue weighted by molar-refractivity contribution is 7.89. The zero-order chi connectivity index (χ0) is 30.8. The Kier molecular flexibility index (Phi) is 12.5. The maximum Gasteiger partial charge on any atom is 0.408 e. The number of para-hydroxylation sites is 1. The summed E-state index contributed by atoms with van der Waals surface area (Å²) in [7, 11) is -3.44. The molecule has 224 valence electrons. The van der Waals surface area contributed by atoms with Gasteiger partial charge in [-0.15, -0.1) is 0 Å². The number of benzene rings is 1. The van der Waals surface area contributed by atoms with Crippen molar-refractivity contribution in [3.05, 3.63) is 34.4 Å². The van der Waals surface area contributed by atoms with E-state index < -0.39 is 73.1 Å². The molecule has 0 heterocycles. The van der Waals surface area contributed by atoms with Crippen LogP contribution in [0.4, 0.5) is 10.5 Å². The van der Waals surface area contributed by atoms with E-state index in [1.54, 1.807) is 20.8 Å². The molecule has 0 aromatic heterocycles. The summed E-state index contributed by atoms with van der Waals surface area (Å²) in [6.45, 7) is 8.77. The second-order valence-electron chi connectivity index (χ2n) is 9.78. The van der Waals surface area contributed by atoms with Gasteiger partial charge in [-0.3, -0.25) is 24.5 Å². The Morgan fingerprint density at radius 2 is 1.60 bits per heavy atom. The predicted octanol–water partition coefficient (Wildman–Crippen LogP) is 1.07. The van der Waals surface area contributed by atoms with Crippen molar-refractivity contribution in [1.29, 1.82) is 0 Å². The van der Waals surface area contributed by atoms with E-state index in [-0.39, 0.29) is 19.5 Å². The van der Waals surface area contributed by atoms with Crippen LogP contribution in [0.3, 0.4) is 0 Å². The summed E-state index contributed by atoms with van der Waals surface area (Å²) in [5.41, 5.74) is -1.41. The molecule has 0 saturated carbocycles. The summed E-state index contributed by atoms with van der Waals surface area (Å²) >= 11 is 0. The summed E-state index contributed by atoms with van der Waals surface area (Å²) in [6.07, 6.45) is -0.779. The summed E-state index contributed by atoms with van der Waals surface area (Å²) < 4.78 is 37.2. The first-order valence-electron chi connectivity index (χ1n) is 12.3. The Hall–Kier alpha value is -3.79. The molecule has 0 aliphatic rings. The number of hydrogen-bond acceptors (Lipinski definition) is 10. The third-order valence-electron chi connectivity index (χ3n) is 5.36. The average Bonchev–Trinajstić information content (AvgIpc) is 2.85. The maximum absolute atomic E-state index is 13.3. The number of nitrogens with zero attached hydrogens (tertiary/aromatic N) is 2. The van der Waals surface area contributed by atoms with E-state index in [9.17, 15) is 37.7 Å². The predicted molar refractivity (Wildman–Crippen MR) is 143 cm³/mol. The van der Waals surface area contributed by atoms with Crippen LogP contribution in [0.1, 0.15) is 48.0 Å². The van der Waals surface area contributed by atoms with E-state index in [4.69, 9.17) is 4.74 Å². The highest BCUT2D eigenvalue weighted by Gasteiger charge is 2.37. The fraction of sp³-hybridized carbons (Fsp3) is 0.583. The van der Waals surface area contributed by atoms with Crippen LogP contribution in [0.25, 0.3) is 0 Å². The van der Waals surface area contributed by atoms with Gasteiger partial charge in [0.15, 0.2) is 4.90 Å². The number of carbonyl (C=O) groups is 4. The van der Waals surface area contributed by atoms with Crippen molar-refractivity contribution in [3.8, 4) is 0 Å². The number of nitro benzene ring substituents is 1. The Balaban J connectivity index is 2.82. The first-order valence-corrected chi connectivity index (χ1v) is 13.8. The molecule has 3 atom stereocenters. The number of sulfonamides is 1. The zero-order valence-electron chi connectivity index (χ0n) is 23.5. The molecule has 40 heavy (non-hydrogen) atoms.